The highest BCUT2D eigenvalue weighted by Crippen LogP contribution is 2.11. The third-order valence-corrected chi connectivity index (χ3v) is 3.12. The molecule has 0 aliphatic carbocycles. The largest absolute Gasteiger partial charge is 0.377 e. The lowest BCUT2D eigenvalue weighted by Crippen LogP contribution is -2.32. The first kappa shape index (κ1) is 11.9. The van der Waals surface area contributed by atoms with E-state index in [0.717, 1.165) is 31.2 Å². The quantitative estimate of drug-likeness (QED) is 0.534. The standard InChI is InChI=1S/C11H19NOS/c1-2-8-14-9-6-12-10-11-5-3-4-7-13-11/h1,11-12H,3-10H2. The Balaban J connectivity index is 1.85. The molecule has 0 aromatic carbocycles. The van der Waals surface area contributed by atoms with Gasteiger partial charge in [-0.2, -0.15) is 0 Å². The molecule has 1 aliphatic heterocycles. The molecule has 0 aromatic heterocycles. The minimum Gasteiger partial charge on any atom is -0.377 e. The Hall–Kier alpha value is -0.170. The molecule has 1 aliphatic rings. The fraction of sp³-hybridized carbons (Fsp3) is 0.818. The molecule has 0 spiro atoms. The number of hydrogen-bond donors (Lipinski definition) is 1. The highest BCUT2D eigenvalue weighted by atomic mass is 32.2. The van der Waals surface area contributed by atoms with E-state index in [0.29, 0.717) is 6.10 Å². The number of terminal acetylenes is 1. The molecular weight excluding hydrogens is 194 g/mol. The van der Waals surface area contributed by atoms with Crippen molar-refractivity contribution in [2.45, 2.75) is 25.4 Å². The Bertz CT molecular complexity index is 173. The van der Waals surface area contributed by atoms with Crippen molar-refractivity contribution in [3.05, 3.63) is 0 Å². The molecule has 1 unspecified atom stereocenters. The first-order valence-electron chi connectivity index (χ1n) is 5.27. The van der Waals surface area contributed by atoms with Crippen molar-refractivity contribution >= 4 is 11.8 Å². The second kappa shape index (κ2) is 8.16. The van der Waals surface area contributed by atoms with E-state index < -0.39 is 0 Å². The Kier molecular flexibility index (Phi) is 6.94. The van der Waals surface area contributed by atoms with E-state index in [1.807, 2.05) is 0 Å². The van der Waals surface area contributed by atoms with Crippen LogP contribution >= 0.6 is 11.8 Å². The van der Waals surface area contributed by atoms with Crippen LogP contribution in [0.1, 0.15) is 19.3 Å². The zero-order valence-electron chi connectivity index (χ0n) is 8.63. The van der Waals surface area contributed by atoms with Gasteiger partial charge in [-0.1, -0.05) is 5.92 Å². The molecule has 0 bridgehead atoms. The van der Waals surface area contributed by atoms with Crippen LogP contribution in [0.3, 0.4) is 0 Å². The summed E-state index contributed by atoms with van der Waals surface area (Å²) in [6.07, 6.45) is 9.36. The summed E-state index contributed by atoms with van der Waals surface area (Å²) in [7, 11) is 0. The molecule has 1 rings (SSSR count). The minimum atomic E-state index is 0.446. The summed E-state index contributed by atoms with van der Waals surface area (Å²) in [4.78, 5) is 0. The predicted molar refractivity (Wildman–Crippen MR) is 62.6 cm³/mol. The molecule has 3 heteroatoms. The van der Waals surface area contributed by atoms with Gasteiger partial charge in [-0.15, -0.1) is 18.2 Å². The van der Waals surface area contributed by atoms with Crippen molar-refractivity contribution in [3.63, 3.8) is 0 Å². The lowest BCUT2D eigenvalue weighted by Gasteiger charge is -2.22. The van der Waals surface area contributed by atoms with E-state index in [9.17, 15) is 0 Å². The molecule has 0 saturated carbocycles. The van der Waals surface area contributed by atoms with Crippen LogP contribution in [0.5, 0.6) is 0 Å². The Labute approximate surface area is 91.2 Å². The molecule has 14 heavy (non-hydrogen) atoms. The lowest BCUT2D eigenvalue weighted by atomic mass is 10.1. The van der Waals surface area contributed by atoms with E-state index in [1.165, 1.54) is 19.3 Å². The van der Waals surface area contributed by atoms with E-state index in [-0.39, 0.29) is 0 Å². The fourth-order valence-electron chi connectivity index (χ4n) is 1.51. The Morgan fingerprint density at radius 2 is 2.43 bits per heavy atom. The number of ether oxygens (including phenoxy) is 1. The first-order valence-corrected chi connectivity index (χ1v) is 6.42. The summed E-state index contributed by atoms with van der Waals surface area (Å²) in [6, 6.07) is 0. The Morgan fingerprint density at radius 3 is 3.14 bits per heavy atom. The summed E-state index contributed by atoms with van der Waals surface area (Å²) >= 11 is 1.80. The number of thioether (sulfide) groups is 1. The highest BCUT2D eigenvalue weighted by molar-refractivity contribution is 7.99. The summed E-state index contributed by atoms with van der Waals surface area (Å²) in [5, 5.41) is 3.40. The van der Waals surface area contributed by atoms with Gasteiger partial charge in [-0.05, 0) is 19.3 Å². The predicted octanol–water partition coefficient (Wildman–Crippen LogP) is 1.51. The maximum atomic E-state index is 5.60. The average molecular weight is 213 g/mol. The van der Waals surface area contributed by atoms with Crippen LogP contribution in [0.15, 0.2) is 0 Å². The van der Waals surface area contributed by atoms with Gasteiger partial charge < -0.3 is 10.1 Å². The van der Waals surface area contributed by atoms with Gasteiger partial charge in [0.1, 0.15) is 0 Å². The molecule has 0 aromatic rings. The van der Waals surface area contributed by atoms with E-state index in [4.69, 9.17) is 11.2 Å². The monoisotopic (exact) mass is 213 g/mol. The summed E-state index contributed by atoms with van der Waals surface area (Å²) in [5.41, 5.74) is 0. The lowest BCUT2D eigenvalue weighted by molar-refractivity contribution is 0.0173. The second-order valence-corrected chi connectivity index (χ2v) is 4.55. The molecule has 0 radical (unpaired) electrons. The molecule has 1 heterocycles. The van der Waals surface area contributed by atoms with Gasteiger partial charge in [0.25, 0.3) is 0 Å². The van der Waals surface area contributed by atoms with Crippen LogP contribution in [0.25, 0.3) is 0 Å². The summed E-state index contributed by atoms with van der Waals surface area (Å²) in [5.74, 6) is 4.53. The number of nitrogens with one attached hydrogen (secondary N) is 1. The maximum Gasteiger partial charge on any atom is 0.0699 e. The second-order valence-electron chi connectivity index (χ2n) is 3.45. The highest BCUT2D eigenvalue weighted by Gasteiger charge is 2.12. The van der Waals surface area contributed by atoms with E-state index in [2.05, 4.69) is 11.2 Å². The Morgan fingerprint density at radius 1 is 1.50 bits per heavy atom. The van der Waals surface area contributed by atoms with Gasteiger partial charge in [-0.25, -0.2) is 0 Å². The van der Waals surface area contributed by atoms with Gasteiger partial charge in [0.05, 0.1) is 11.9 Å². The van der Waals surface area contributed by atoms with Gasteiger partial charge in [0.15, 0.2) is 0 Å². The first-order chi connectivity index (χ1) is 6.93. The maximum absolute atomic E-state index is 5.60. The SMILES string of the molecule is C#CCSCCNCC1CCCCO1. The molecule has 1 saturated heterocycles. The minimum absolute atomic E-state index is 0.446. The molecule has 1 N–H and O–H groups in total. The summed E-state index contributed by atoms with van der Waals surface area (Å²) < 4.78 is 5.60. The number of rotatable bonds is 6. The zero-order valence-corrected chi connectivity index (χ0v) is 9.44. The number of hydrogen-bond acceptors (Lipinski definition) is 3. The molecule has 1 atom stereocenters. The van der Waals surface area contributed by atoms with Crippen LogP contribution in [0, 0.1) is 12.3 Å². The van der Waals surface area contributed by atoms with Crippen molar-refractivity contribution in [1.82, 2.24) is 5.32 Å². The molecule has 2 nitrogen and oxygen atoms in total. The van der Waals surface area contributed by atoms with Crippen molar-refractivity contribution in [1.29, 1.82) is 0 Å². The van der Waals surface area contributed by atoms with Crippen molar-refractivity contribution in [2.24, 2.45) is 0 Å². The van der Waals surface area contributed by atoms with Crippen LogP contribution in [-0.4, -0.2) is 37.3 Å². The van der Waals surface area contributed by atoms with Gasteiger partial charge in [0.2, 0.25) is 0 Å². The van der Waals surface area contributed by atoms with Crippen LogP contribution in [-0.2, 0) is 4.74 Å². The third kappa shape index (κ3) is 5.54. The van der Waals surface area contributed by atoms with Crippen LogP contribution in [0.2, 0.25) is 0 Å². The molecule has 80 valence electrons. The van der Waals surface area contributed by atoms with Crippen molar-refractivity contribution < 1.29 is 4.74 Å². The topological polar surface area (TPSA) is 21.3 Å². The van der Waals surface area contributed by atoms with Gasteiger partial charge in [-0.3, -0.25) is 0 Å². The fourth-order valence-corrected chi connectivity index (χ4v) is 2.06. The zero-order chi connectivity index (χ0) is 10.1. The van der Waals surface area contributed by atoms with E-state index >= 15 is 0 Å². The van der Waals surface area contributed by atoms with Crippen LogP contribution < -0.4 is 5.32 Å². The van der Waals surface area contributed by atoms with Crippen LogP contribution in [0.4, 0.5) is 0 Å². The normalized spacial score (nSPS) is 21.8. The third-order valence-electron chi connectivity index (χ3n) is 2.25. The smallest absolute Gasteiger partial charge is 0.0699 e. The average Bonchev–Trinajstić information content (AvgIpc) is 2.25. The van der Waals surface area contributed by atoms with Gasteiger partial charge in [0, 0.05) is 25.4 Å². The van der Waals surface area contributed by atoms with Crippen molar-refractivity contribution in [2.75, 3.05) is 31.2 Å². The molecule has 1 fully saturated rings. The van der Waals surface area contributed by atoms with Crippen molar-refractivity contribution in [3.8, 4) is 12.3 Å². The molecular formula is C11H19NOS. The van der Waals surface area contributed by atoms with E-state index in [1.54, 1.807) is 11.8 Å². The van der Waals surface area contributed by atoms with Gasteiger partial charge >= 0.3 is 0 Å². The summed E-state index contributed by atoms with van der Waals surface area (Å²) in [6.45, 7) is 2.97. The molecule has 0 amide bonds.